The zero-order chi connectivity index (χ0) is 17.3. The lowest BCUT2D eigenvalue weighted by molar-refractivity contribution is -0.138. The monoisotopic (exact) mass is 356 g/mol. The van der Waals surface area contributed by atoms with Crippen LogP contribution >= 0.6 is 11.3 Å². The summed E-state index contributed by atoms with van der Waals surface area (Å²) < 4.78 is 39.2. The first-order chi connectivity index (χ1) is 11.4. The second-order valence-electron chi connectivity index (χ2n) is 5.43. The SMILES string of the molecule is Cc1nnc(N2CCN(C(=O)c3ccccc3C(F)(F)F)CC2)s1. The maximum Gasteiger partial charge on any atom is 0.417 e. The molecule has 0 spiro atoms. The highest BCUT2D eigenvalue weighted by atomic mass is 32.1. The molecule has 0 unspecified atom stereocenters. The summed E-state index contributed by atoms with van der Waals surface area (Å²) in [7, 11) is 0. The van der Waals surface area contributed by atoms with Gasteiger partial charge in [-0.15, -0.1) is 10.2 Å². The molecule has 0 atom stereocenters. The minimum Gasteiger partial charge on any atom is -0.343 e. The lowest BCUT2D eigenvalue weighted by Gasteiger charge is -2.34. The van der Waals surface area contributed by atoms with Gasteiger partial charge in [-0.2, -0.15) is 13.2 Å². The van der Waals surface area contributed by atoms with Gasteiger partial charge in [0, 0.05) is 26.2 Å². The Morgan fingerprint density at radius 3 is 2.38 bits per heavy atom. The Bertz CT molecular complexity index is 738. The smallest absolute Gasteiger partial charge is 0.343 e. The molecule has 1 fully saturated rings. The van der Waals surface area contributed by atoms with Crippen LogP contribution < -0.4 is 4.90 Å². The van der Waals surface area contributed by atoms with Crippen LogP contribution in [0.2, 0.25) is 0 Å². The van der Waals surface area contributed by atoms with Crippen LogP contribution in [0.4, 0.5) is 18.3 Å². The van der Waals surface area contributed by atoms with E-state index in [0.29, 0.717) is 26.2 Å². The second kappa shape index (κ2) is 6.39. The summed E-state index contributed by atoms with van der Waals surface area (Å²) in [6.07, 6.45) is -4.54. The number of halogens is 3. The van der Waals surface area contributed by atoms with Gasteiger partial charge in [-0.25, -0.2) is 0 Å². The summed E-state index contributed by atoms with van der Waals surface area (Å²) in [5.74, 6) is -0.587. The van der Waals surface area contributed by atoms with Gasteiger partial charge in [0.1, 0.15) is 5.01 Å². The molecular formula is C15H15F3N4OS. The van der Waals surface area contributed by atoms with Crippen LogP contribution in [-0.2, 0) is 6.18 Å². The van der Waals surface area contributed by atoms with E-state index in [1.807, 2.05) is 11.8 Å². The lowest BCUT2D eigenvalue weighted by Crippen LogP contribution is -2.49. The van der Waals surface area contributed by atoms with E-state index in [2.05, 4.69) is 10.2 Å². The van der Waals surface area contributed by atoms with Crippen molar-refractivity contribution in [2.75, 3.05) is 31.1 Å². The van der Waals surface area contributed by atoms with E-state index in [1.54, 1.807) is 0 Å². The van der Waals surface area contributed by atoms with E-state index >= 15 is 0 Å². The van der Waals surface area contributed by atoms with E-state index in [-0.39, 0.29) is 5.56 Å². The molecule has 1 aliphatic heterocycles. The second-order valence-corrected chi connectivity index (χ2v) is 6.59. The third-order valence-corrected chi connectivity index (χ3v) is 4.72. The quantitative estimate of drug-likeness (QED) is 0.830. The number of anilines is 1. The largest absolute Gasteiger partial charge is 0.417 e. The molecule has 0 aliphatic carbocycles. The molecule has 1 aromatic carbocycles. The van der Waals surface area contributed by atoms with Crippen molar-refractivity contribution in [3.63, 3.8) is 0 Å². The number of hydrogen-bond acceptors (Lipinski definition) is 5. The first-order valence-corrected chi connectivity index (χ1v) is 8.18. The number of amides is 1. The van der Waals surface area contributed by atoms with Gasteiger partial charge in [-0.3, -0.25) is 4.79 Å². The Morgan fingerprint density at radius 2 is 1.79 bits per heavy atom. The fraction of sp³-hybridized carbons (Fsp3) is 0.400. The molecule has 24 heavy (non-hydrogen) atoms. The Labute approximate surface area is 140 Å². The Morgan fingerprint density at radius 1 is 1.12 bits per heavy atom. The molecule has 0 saturated carbocycles. The molecule has 128 valence electrons. The highest BCUT2D eigenvalue weighted by molar-refractivity contribution is 7.15. The zero-order valence-electron chi connectivity index (χ0n) is 12.9. The number of hydrogen-bond donors (Lipinski definition) is 0. The highest BCUT2D eigenvalue weighted by Gasteiger charge is 2.36. The van der Waals surface area contributed by atoms with Gasteiger partial charge in [0.2, 0.25) is 5.13 Å². The molecule has 5 nitrogen and oxygen atoms in total. The van der Waals surface area contributed by atoms with E-state index in [1.165, 1.54) is 34.4 Å². The van der Waals surface area contributed by atoms with Crippen molar-refractivity contribution in [1.82, 2.24) is 15.1 Å². The van der Waals surface area contributed by atoms with E-state index in [0.717, 1.165) is 16.2 Å². The van der Waals surface area contributed by atoms with Crippen molar-refractivity contribution in [2.24, 2.45) is 0 Å². The molecule has 2 heterocycles. The number of carbonyl (C=O) groups excluding carboxylic acids is 1. The van der Waals surface area contributed by atoms with Crippen LogP contribution in [0.1, 0.15) is 20.9 Å². The van der Waals surface area contributed by atoms with Crippen LogP contribution in [-0.4, -0.2) is 47.2 Å². The van der Waals surface area contributed by atoms with Gasteiger partial charge in [0.25, 0.3) is 5.91 Å². The number of alkyl halides is 3. The van der Waals surface area contributed by atoms with Crippen LogP contribution in [0.5, 0.6) is 0 Å². The molecule has 1 aliphatic rings. The summed E-state index contributed by atoms with van der Waals surface area (Å²) in [6, 6.07) is 4.90. The van der Waals surface area contributed by atoms with Crippen LogP contribution in [0.15, 0.2) is 24.3 Å². The minimum absolute atomic E-state index is 0.301. The topological polar surface area (TPSA) is 49.3 Å². The van der Waals surface area contributed by atoms with E-state index in [9.17, 15) is 18.0 Å². The molecule has 1 amide bonds. The summed E-state index contributed by atoms with van der Waals surface area (Å²) in [6.45, 7) is 3.60. The molecular weight excluding hydrogens is 341 g/mol. The average molecular weight is 356 g/mol. The summed E-state index contributed by atoms with van der Waals surface area (Å²) >= 11 is 1.46. The van der Waals surface area contributed by atoms with Crippen molar-refractivity contribution in [2.45, 2.75) is 13.1 Å². The van der Waals surface area contributed by atoms with Crippen molar-refractivity contribution in [3.8, 4) is 0 Å². The molecule has 0 radical (unpaired) electrons. The van der Waals surface area contributed by atoms with Crippen LogP contribution in [0.3, 0.4) is 0 Å². The van der Waals surface area contributed by atoms with Gasteiger partial charge < -0.3 is 9.80 Å². The molecule has 1 aromatic heterocycles. The van der Waals surface area contributed by atoms with Crippen molar-refractivity contribution in [1.29, 1.82) is 0 Å². The maximum atomic E-state index is 13.1. The van der Waals surface area contributed by atoms with Crippen LogP contribution in [0.25, 0.3) is 0 Å². The van der Waals surface area contributed by atoms with Crippen LogP contribution in [0, 0.1) is 6.92 Å². The maximum absolute atomic E-state index is 13.1. The fourth-order valence-electron chi connectivity index (χ4n) is 2.60. The fourth-order valence-corrected chi connectivity index (χ4v) is 3.34. The normalized spacial score (nSPS) is 15.7. The predicted molar refractivity (Wildman–Crippen MR) is 84.2 cm³/mol. The zero-order valence-corrected chi connectivity index (χ0v) is 13.7. The molecule has 0 bridgehead atoms. The summed E-state index contributed by atoms with van der Waals surface area (Å²) in [5, 5.41) is 9.63. The lowest BCUT2D eigenvalue weighted by atomic mass is 10.1. The van der Waals surface area contributed by atoms with E-state index < -0.39 is 17.6 Å². The van der Waals surface area contributed by atoms with E-state index in [4.69, 9.17) is 0 Å². The number of carbonyl (C=O) groups is 1. The molecule has 9 heteroatoms. The number of rotatable bonds is 2. The molecule has 0 N–H and O–H groups in total. The van der Waals surface area contributed by atoms with Gasteiger partial charge in [-0.1, -0.05) is 23.5 Å². The summed E-state index contributed by atoms with van der Waals surface area (Å²) in [4.78, 5) is 15.9. The number of aryl methyl sites for hydroxylation is 1. The Kier molecular flexibility index (Phi) is 4.44. The summed E-state index contributed by atoms with van der Waals surface area (Å²) in [5.41, 5.74) is -1.19. The van der Waals surface area contributed by atoms with Gasteiger partial charge in [-0.05, 0) is 19.1 Å². The Hall–Kier alpha value is -2.16. The third kappa shape index (κ3) is 3.35. The first-order valence-electron chi connectivity index (χ1n) is 7.37. The number of nitrogens with zero attached hydrogens (tertiary/aromatic N) is 4. The third-order valence-electron chi connectivity index (χ3n) is 3.82. The van der Waals surface area contributed by atoms with Gasteiger partial charge in [0.15, 0.2) is 0 Å². The predicted octanol–water partition coefficient (Wildman–Crippen LogP) is 2.83. The van der Waals surface area contributed by atoms with Gasteiger partial charge >= 0.3 is 6.18 Å². The number of benzene rings is 1. The van der Waals surface area contributed by atoms with Crippen molar-refractivity contribution in [3.05, 3.63) is 40.4 Å². The Balaban J connectivity index is 1.72. The highest BCUT2D eigenvalue weighted by Crippen LogP contribution is 2.32. The number of aromatic nitrogens is 2. The van der Waals surface area contributed by atoms with Crippen molar-refractivity contribution >= 4 is 22.4 Å². The molecule has 1 saturated heterocycles. The first kappa shape index (κ1) is 16.7. The average Bonchev–Trinajstić information content (AvgIpc) is 3.00. The minimum atomic E-state index is -4.54. The van der Waals surface area contributed by atoms with Gasteiger partial charge in [0.05, 0.1) is 11.1 Å². The number of piperazine rings is 1. The molecule has 2 aromatic rings. The standard InChI is InChI=1S/C15H15F3N4OS/c1-10-19-20-14(24-10)22-8-6-21(7-9-22)13(23)11-4-2-3-5-12(11)15(16,17)18/h2-5H,6-9H2,1H3. The van der Waals surface area contributed by atoms with Crippen molar-refractivity contribution < 1.29 is 18.0 Å². The molecule has 3 rings (SSSR count).